The lowest BCUT2D eigenvalue weighted by atomic mass is 9.85. The summed E-state index contributed by atoms with van der Waals surface area (Å²) in [4.78, 5) is 16.6. The molecule has 7 heteroatoms. The van der Waals surface area contributed by atoms with E-state index in [1.54, 1.807) is 6.92 Å². The molecule has 1 saturated carbocycles. The van der Waals surface area contributed by atoms with Gasteiger partial charge in [-0.3, -0.25) is 4.79 Å². The van der Waals surface area contributed by atoms with Crippen LogP contribution in [0.3, 0.4) is 0 Å². The predicted molar refractivity (Wildman–Crippen MR) is 95.7 cm³/mol. The van der Waals surface area contributed by atoms with Crippen molar-refractivity contribution in [2.45, 2.75) is 57.7 Å². The van der Waals surface area contributed by atoms with Gasteiger partial charge in [0.2, 0.25) is 5.91 Å². The van der Waals surface area contributed by atoms with Crippen LogP contribution in [-0.2, 0) is 11.4 Å². The first-order valence-electron chi connectivity index (χ1n) is 9.26. The van der Waals surface area contributed by atoms with Gasteiger partial charge in [0, 0.05) is 11.7 Å². The first-order chi connectivity index (χ1) is 12.7. The maximum atomic E-state index is 12.5. The molecule has 26 heavy (non-hydrogen) atoms. The summed E-state index contributed by atoms with van der Waals surface area (Å²) in [6.45, 7) is 1.99. The van der Waals surface area contributed by atoms with Gasteiger partial charge in [0.25, 0.3) is 5.89 Å². The molecule has 2 fully saturated rings. The standard InChI is InChI=1S/C19H24N4O3/c1-12-20-18(26-23-12)11-25-15-8-6-14(7-9-15)21-19(24)17-10-13-4-2-3-5-16(13)22-17/h6-9,13,16-17,22H,2-5,10-11H2,1H3,(H,21,24). The Bertz CT molecular complexity index is 744. The Morgan fingerprint density at radius 2 is 2.12 bits per heavy atom. The van der Waals surface area contributed by atoms with Gasteiger partial charge in [-0.2, -0.15) is 4.98 Å². The molecular formula is C19H24N4O3. The number of hydrogen-bond acceptors (Lipinski definition) is 6. The van der Waals surface area contributed by atoms with Crippen LogP contribution in [0.4, 0.5) is 5.69 Å². The van der Waals surface area contributed by atoms with Crippen molar-refractivity contribution in [1.82, 2.24) is 15.5 Å². The highest BCUT2D eigenvalue weighted by Gasteiger charge is 2.38. The van der Waals surface area contributed by atoms with E-state index in [-0.39, 0.29) is 18.6 Å². The smallest absolute Gasteiger partial charge is 0.264 e. The van der Waals surface area contributed by atoms with Crippen LogP contribution < -0.4 is 15.4 Å². The molecule has 2 aromatic rings. The largest absolute Gasteiger partial charge is 0.484 e. The van der Waals surface area contributed by atoms with Crippen LogP contribution in [0.15, 0.2) is 28.8 Å². The second-order valence-corrected chi connectivity index (χ2v) is 7.14. The molecule has 0 bridgehead atoms. The monoisotopic (exact) mass is 356 g/mol. The minimum Gasteiger partial charge on any atom is -0.484 e. The van der Waals surface area contributed by atoms with E-state index in [1.165, 1.54) is 25.7 Å². The van der Waals surface area contributed by atoms with E-state index in [0.717, 1.165) is 12.1 Å². The number of hydrogen-bond donors (Lipinski definition) is 2. The second kappa shape index (κ2) is 7.45. The number of nitrogens with zero attached hydrogens (tertiary/aromatic N) is 2. The van der Waals surface area contributed by atoms with Gasteiger partial charge in [-0.1, -0.05) is 18.0 Å². The van der Waals surface area contributed by atoms with Crippen molar-refractivity contribution in [3.05, 3.63) is 36.0 Å². The van der Waals surface area contributed by atoms with E-state index in [4.69, 9.17) is 9.26 Å². The minimum absolute atomic E-state index is 0.0504. The van der Waals surface area contributed by atoms with Crippen LogP contribution in [0.1, 0.15) is 43.8 Å². The van der Waals surface area contributed by atoms with Crippen molar-refractivity contribution in [2.75, 3.05) is 5.32 Å². The summed E-state index contributed by atoms with van der Waals surface area (Å²) < 4.78 is 10.6. The van der Waals surface area contributed by atoms with Crippen LogP contribution in [0, 0.1) is 12.8 Å². The van der Waals surface area contributed by atoms with Crippen LogP contribution in [0.5, 0.6) is 5.75 Å². The molecule has 1 aliphatic carbocycles. The van der Waals surface area contributed by atoms with Gasteiger partial charge >= 0.3 is 0 Å². The Morgan fingerprint density at radius 1 is 1.31 bits per heavy atom. The van der Waals surface area contributed by atoms with Crippen LogP contribution in [0.25, 0.3) is 0 Å². The highest BCUT2D eigenvalue weighted by molar-refractivity contribution is 5.95. The van der Waals surface area contributed by atoms with Crippen molar-refractivity contribution in [3.63, 3.8) is 0 Å². The third-order valence-electron chi connectivity index (χ3n) is 5.23. The number of nitrogens with one attached hydrogen (secondary N) is 2. The molecule has 1 aliphatic heterocycles. The first kappa shape index (κ1) is 17.0. The SMILES string of the molecule is Cc1noc(COc2ccc(NC(=O)C3CC4CCCCC4N3)cc2)n1. The lowest BCUT2D eigenvalue weighted by molar-refractivity contribution is -0.117. The summed E-state index contributed by atoms with van der Waals surface area (Å²) in [7, 11) is 0. The highest BCUT2D eigenvalue weighted by Crippen LogP contribution is 2.33. The quantitative estimate of drug-likeness (QED) is 0.856. The zero-order valence-electron chi connectivity index (χ0n) is 14.9. The van der Waals surface area contributed by atoms with Gasteiger partial charge in [0.15, 0.2) is 12.4 Å². The molecule has 7 nitrogen and oxygen atoms in total. The minimum atomic E-state index is -0.0835. The molecule has 3 atom stereocenters. The number of benzene rings is 1. The lowest BCUT2D eigenvalue weighted by Gasteiger charge is -2.24. The zero-order chi connectivity index (χ0) is 17.9. The molecule has 1 aromatic heterocycles. The van der Waals surface area contributed by atoms with Crippen LogP contribution in [-0.4, -0.2) is 28.1 Å². The van der Waals surface area contributed by atoms with Crippen LogP contribution in [0.2, 0.25) is 0 Å². The molecule has 2 aliphatic rings. The number of anilines is 1. The molecule has 3 unspecified atom stereocenters. The Labute approximate surface area is 152 Å². The summed E-state index contributed by atoms with van der Waals surface area (Å²) in [5, 5.41) is 10.2. The predicted octanol–water partition coefficient (Wildman–Crippen LogP) is 2.82. The Kier molecular flexibility index (Phi) is 4.88. The summed E-state index contributed by atoms with van der Waals surface area (Å²) >= 11 is 0. The van der Waals surface area contributed by atoms with Gasteiger partial charge < -0.3 is 19.9 Å². The van der Waals surface area contributed by atoms with E-state index >= 15 is 0 Å². The van der Waals surface area contributed by atoms with Crippen molar-refractivity contribution in [1.29, 1.82) is 0 Å². The number of ether oxygens (including phenoxy) is 1. The fourth-order valence-electron chi connectivity index (χ4n) is 3.93. The first-order valence-corrected chi connectivity index (χ1v) is 9.26. The van der Waals surface area contributed by atoms with Crippen molar-refractivity contribution >= 4 is 11.6 Å². The average molecular weight is 356 g/mol. The molecule has 1 amide bonds. The summed E-state index contributed by atoms with van der Waals surface area (Å²) in [5.74, 6) is 2.41. The van der Waals surface area contributed by atoms with Crippen molar-refractivity contribution in [3.8, 4) is 5.75 Å². The van der Waals surface area contributed by atoms with E-state index in [0.29, 0.717) is 29.4 Å². The van der Waals surface area contributed by atoms with Gasteiger partial charge in [-0.05, 0) is 56.4 Å². The number of aryl methyl sites for hydroxylation is 1. The molecule has 4 rings (SSSR count). The van der Waals surface area contributed by atoms with E-state index in [9.17, 15) is 4.79 Å². The Hall–Kier alpha value is -2.41. The zero-order valence-corrected chi connectivity index (χ0v) is 14.9. The van der Waals surface area contributed by atoms with Gasteiger partial charge in [0.1, 0.15) is 5.75 Å². The number of carbonyl (C=O) groups excluding carboxylic acids is 1. The van der Waals surface area contributed by atoms with Crippen molar-refractivity contribution in [2.24, 2.45) is 5.92 Å². The maximum absolute atomic E-state index is 12.5. The summed E-state index contributed by atoms with van der Waals surface area (Å²) in [6.07, 6.45) is 5.95. The number of fused-ring (bicyclic) bond motifs is 1. The lowest BCUT2D eigenvalue weighted by Crippen LogP contribution is -2.39. The molecule has 138 valence electrons. The van der Waals surface area contributed by atoms with Gasteiger partial charge in [-0.15, -0.1) is 0 Å². The molecule has 0 spiro atoms. The summed E-state index contributed by atoms with van der Waals surface area (Å²) in [6, 6.07) is 7.76. The van der Waals surface area contributed by atoms with Gasteiger partial charge in [-0.25, -0.2) is 0 Å². The molecule has 0 radical (unpaired) electrons. The second-order valence-electron chi connectivity index (χ2n) is 7.14. The normalized spacial score (nSPS) is 24.9. The maximum Gasteiger partial charge on any atom is 0.264 e. The molecule has 1 saturated heterocycles. The highest BCUT2D eigenvalue weighted by atomic mass is 16.5. The number of carbonyl (C=O) groups is 1. The van der Waals surface area contributed by atoms with E-state index in [2.05, 4.69) is 20.8 Å². The van der Waals surface area contributed by atoms with Crippen molar-refractivity contribution < 1.29 is 14.1 Å². The Morgan fingerprint density at radius 3 is 2.85 bits per heavy atom. The fourth-order valence-corrected chi connectivity index (χ4v) is 3.93. The topological polar surface area (TPSA) is 89.3 Å². The van der Waals surface area contributed by atoms with E-state index in [1.807, 2.05) is 24.3 Å². The third kappa shape index (κ3) is 3.88. The van der Waals surface area contributed by atoms with Gasteiger partial charge in [0.05, 0.1) is 6.04 Å². The average Bonchev–Trinajstić information content (AvgIpc) is 3.27. The fraction of sp³-hybridized carbons (Fsp3) is 0.526. The van der Waals surface area contributed by atoms with Crippen LogP contribution >= 0.6 is 0 Å². The molecular weight excluding hydrogens is 332 g/mol. The number of rotatable bonds is 5. The summed E-state index contributed by atoms with van der Waals surface area (Å²) in [5.41, 5.74) is 0.771. The molecule has 2 heterocycles. The molecule has 1 aromatic carbocycles. The Balaban J connectivity index is 1.29. The number of amides is 1. The molecule has 2 N–H and O–H groups in total. The third-order valence-corrected chi connectivity index (χ3v) is 5.23. The van der Waals surface area contributed by atoms with E-state index < -0.39 is 0 Å². The number of aromatic nitrogens is 2.